The number of methoxy groups -OCH3 is 1. The largest absolute Gasteiger partial charge is 0.497 e. The normalized spacial score (nSPS) is 16.6. The summed E-state index contributed by atoms with van der Waals surface area (Å²) in [7, 11) is 1.69. The minimum atomic E-state index is 0.0909. The molecule has 4 nitrogen and oxygen atoms in total. The Bertz CT molecular complexity index is 520. The zero-order valence-corrected chi connectivity index (χ0v) is 12.2. The van der Waals surface area contributed by atoms with Crippen LogP contribution in [0.2, 0.25) is 0 Å². The van der Waals surface area contributed by atoms with Gasteiger partial charge in [-0.15, -0.1) is 0 Å². The fourth-order valence-electron chi connectivity index (χ4n) is 2.29. The Hall–Kier alpha value is -1.94. The highest BCUT2D eigenvalue weighted by atomic mass is 16.5. The predicted octanol–water partition coefficient (Wildman–Crippen LogP) is 2.10. The van der Waals surface area contributed by atoms with Crippen LogP contribution >= 0.6 is 0 Å². The Balaban J connectivity index is 1.97. The number of hydrogen-bond donors (Lipinski definition) is 2. The van der Waals surface area contributed by atoms with E-state index in [0.717, 1.165) is 31.1 Å². The molecule has 0 aliphatic carbocycles. The van der Waals surface area contributed by atoms with Gasteiger partial charge >= 0.3 is 0 Å². The Labute approximate surface area is 120 Å². The number of nitrogens with zero attached hydrogens (tertiary/aromatic N) is 1. The maximum atomic E-state index is 6.14. The van der Waals surface area contributed by atoms with E-state index < -0.39 is 0 Å². The Kier molecular flexibility index (Phi) is 4.69. The molecule has 1 aliphatic heterocycles. The summed E-state index contributed by atoms with van der Waals surface area (Å²) >= 11 is 0. The summed E-state index contributed by atoms with van der Waals surface area (Å²) in [6, 6.07) is 6.28. The van der Waals surface area contributed by atoms with E-state index >= 15 is 0 Å². The lowest BCUT2D eigenvalue weighted by molar-refractivity contribution is 0.357. The zero-order chi connectivity index (χ0) is 14.5. The molecule has 0 saturated carbocycles. The van der Waals surface area contributed by atoms with Crippen LogP contribution in [0, 0.1) is 0 Å². The van der Waals surface area contributed by atoms with Gasteiger partial charge in [0.15, 0.2) is 0 Å². The van der Waals surface area contributed by atoms with Gasteiger partial charge in [-0.1, -0.05) is 18.2 Å². The number of nitrogens with two attached hydrogens (primary N) is 2. The monoisotopic (exact) mass is 273 g/mol. The predicted molar refractivity (Wildman–Crippen MR) is 81.9 cm³/mol. The van der Waals surface area contributed by atoms with Gasteiger partial charge in [0.2, 0.25) is 0 Å². The minimum absolute atomic E-state index is 0.0909. The number of benzene rings is 1. The fourth-order valence-corrected chi connectivity index (χ4v) is 2.29. The second-order valence-electron chi connectivity index (χ2n) is 5.14. The maximum absolute atomic E-state index is 6.14. The summed E-state index contributed by atoms with van der Waals surface area (Å²) in [6.45, 7) is 3.65. The summed E-state index contributed by atoms with van der Waals surface area (Å²) in [4.78, 5) is 2.17. The van der Waals surface area contributed by atoms with Crippen molar-refractivity contribution < 1.29 is 4.74 Å². The maximum Gasteiger partial charge on any atom is 0.119 e. The van der Waals surface area contributed by atoms with Crippen molar-refractivity contribution in [1.29, 1.82) is 0 Å². The molecule has 0 saturated heterocycles. The van der Waals surface area contributed by atoms with E-state index in [1.807, 2.05) is 31.2 Å². The van der Waals surface area contributed by atoms with Crippen LogP contribution in [0.1, 0.15) is 24.5 Å². The third-order valence-corrected chi connectivity index (χ3v) is 3.40. The first-order chi connectivity index (χ1) is 9.60. The average Bonchev–Trinajstić information content (AvgIpc) is 2.85. The number of allylic oxidation sites excluding steroid dienone is 2. The number of rotatable bonds is 5. The first kappa shape index (κ1) is 14.5. The summed E-state index contributed by atoms with van der Waals surface area (Å²) in [5.74, 6) is 1.71. The SMILES string of the molecule is COc1ccc2c(c1)CN(/C(N)=C\C/C=C\C(C)N)C2. The Morgan fingerprint density at radius 3 is 2.85 bits per heavy atom. The van der Waals surface area contributed by atoms with Crippen LogP contribution in [0.4, 0.5) is 0 Å². The van der Waals surface area contributed by atoms with Crippen LogP contribution in [0.25, 0.3) is 0 Å². The summed E-state index contributed by atoms with van der Waals surface area (Å²) in [5, 5.41) is 0. The van der Waals surface area contributed by atoms with Crippen molar-refractivity contribution in [2.45, 2.75) is 32.5 Å². The molecule has 0 aromatic heterocycles. The van der Waals surface area contributed by atoms with Gasteiger partial charge in [-0.05, 0) is 42.7 Å². The van der Waals surface area contributed by atoms with Gasteiger partial charge in [-0.3, -0.25) is 0 Å². The third kappa shape index (κ3) is 3.54. The van der Waals surface area contributed by atoms with E-state index in [-0.39, 0.29) is 6.04 Å². The lowest BCUT2D eigenvalue weighted by atomic mass is 10.1. The summed E-state index contributed by atoms with van der Waals surface area (Å²) < 4.78 is 5.25. The molecule has 2 rings (SSSR count). The number of fused-ring (bicyclic) bond motifs is 1. The first-order valence-electron chi connectivity index (χ1n) is 6.88. The number of ether oxygens (including phenoxy) is 1. The van der Waals surface area contributed by atoms with Crippen molar-refractivity contribution in [3.05, 3.63) is 53.4 Å². The molecule has 108 valence electrons. The van der Waals surface area contributed by atoms with Crippen molar-refractivity contribution >= 4 is 0 Å². The van der Waals surface area contributed by atoms with E-state index in [1.54, 1.807) is 7.11 Å². The van der Waals surface area contributed by atoms with Gasteiger partial charge in [-0.2, -0.15) is 0 Å². The highest BCUT2D eigenvalue weighted by Gasteiger charge is 2.19. The molecule has 0 amide bonds. The van der Waals surface area contributed by atoms with Gasteiger partial charge in [0.25, 0.3) is 0 Å². The Morgan fingerprint density at radius 1 is 1.40 bits per heavy atom. The van der Waals surface area contributed by atoms with Crippen LogP contribution in [-0.4, -0.2) is 18.1 Å². The molecule has 0 bridgehead atoms. The fraction of sp³-hybridized carbons (Fsp3) is 0.375. The van der Waals surface area contributed by atoms with Gasteiger partial charge in [0.05, 0.1) is 12.9 Å². The molecule has 1 aliphatic rings. The van der Waals surface area contributed by atoms with Crippen LogP contribution in [0.5, 0.6) is 5.75 Å². The van der Waals surface area contributed by atoms with Crippen molar-refractivity contribution in [1.82, 2.24) is 4.90 Å². The Morgan fingerprint density at radius 2 is 2.15 bits per heavy atom. The molecule has 0 radical (unpaired) electrons. The van der Waals surface area contributed by atoms with E-state index in [1.165, 1.54) is 11.1 Å². The number of hydrogen-bond acceptors (Lipinski definition) is 4. The van der Waals surface area contributed by atoms with Crippen LogP contribution < -0.4 is 16.2 Å². The summed E-state index contributed by atoms with van der Waals surface area (Å²) in [6.07, 6.45) is 6.86. The molecule has 0 spiro atoms. The molecule has 1 unspecified atom stereocenters. The van der Waals surface area contributed by atoms with E-state index in [2.05, 4.69) is 17.0 Å². The highest BCUT2D eigenvalue weighted by molar-refractivity contribution is 5.38. The molecule has 4 N–H and O–H groups in total. The zero-order valence-electron chi connectivity index (χ0n) is 12.2. The average molecular weight is 273 g/mol. The second-order valence-corrected chi connectivity index (χ2v) is 5.14. The van der Waals surface area contributed by atoms with Gasteiger partial charge in [0, 0.05) is 19.1 Å². The van der Waals surface area contributed by atoms with Crippen molar-refractivity contribution in [3.63, 3.8) is 0 Å². The smallest absolute Gasteiger partial charge is 0.119 e. The van der Waals surface area contributed by atoms with Crippen molar-refractivity contribution in [2.24, 2.45) is 11.5 Å². The van der Waals surface area contributed by atoms with E-state index in [4.69, 9.17) is 16.2 Å². The molecule has 1 atom stereocenters. The van der Waals surface area contributed by atoms with E-state index in [9.17, 15) is 0 Å². The lowest BCUT2D eigenvalue weighted by Gasteiger charge is -2.17. The van der Waals surface area contributed by atoms with Crippen molar-refractivity contribution in [3.8, 4) is 5.75 Å². The van der Waals surface area contributed by atoms with Crippen LogP contribution in [0.3, 0.4) is 0 Å². The molecule has 1 heterocycles. The summed E-state index contributed by atoms with van der Waals surface area (Å²) in [5.41, 5.74) is 14.4. The topological polar surface area (TPSA) is 64.5 Å². The van der Waals surface area contributed by atoms with E-state index in [0.29, 0.717) is 0 Å². The quantitative estimate of drug-likeness (QED) is 0.806. The molecular weight excluding hydrogens is 250 g/mol. The van der Waals surface area contributed by atoms with Gasteiger partial charge < -0.3 is 21.1 Å². The minimum Gasteiger partial charge on any atom is -0.497 e. The highest BCUT2D eigenvalue weighted by Crippen LogP contribution is 2.27. The van der Waals surface area contributed by atoms with Crippen LogP contribution in [0.15, 0.2) is 42.2 Å². The molecule has 0 fully saturated rings. The lowest BCUT2D eigenvalue weighted by Crippen LogP contribution is -2.21. The van der Waals surface area contributed by atoms with Crippen molar-refractivity contribution in [2.75, 3.05) is 7.11 Å². The van der Waals surface area contributed by atoms with Gasteiger partial charge in [0.1, 0.15) is 5.75 Å². The standard InChI is InChI=1S/C16H23N3O/c1-12(17)5-3-4-6-16(18)19-10-13-7-8-15(20-2)9-14(13)11-19/h3,5-9,12H,4,10-11,17-18H2,1-2H3/b5-3-,16-6-. The molecule has 1 aromatic rings. The molecular formula is C16H23N3O. The second kappa shape index (κ2) is 6.48. The molecule has 20 heavy (non-hydrogen) atoms. The van der Waals surface area contributed by atoms with Crippen LogP contribution in [-0.2, 0) is 13.1 Å². The first-order valence-corrected chi connectivity index (χ1v) is 6.88. The third-order valence-electron chi connectivity index (χ3n) is 3.40. The molecule has 4 heteroatoms. The molecule has 1 aromatic carbocycles. The van der Waals surface area contributed by atoms with Gasteiger partial charge in [-0.25, -0.2) is 0 Å².